The Bertz CT molecular complexity index is 523. The van der Waals surface area contributed by atoms with E-state index in [-0.39, 0.29) is 23.5 Å². The minimum Gasteiger partial charge on any atom is -0.491 e. The van der Waals surface area contributed by atoms with Crippen LogP contribution in [0.2, 0.25) is 0 Å². The second-order valence-corrected chi connectivity index (χ2v) is 8.01. The van der Waals surface area contributed by atoms with Crippen LogP contribution in [0.5, 0.6) is 5.75 Å². The zero-order valence-electron chi connectivity index (χ0n) is 13.6. The summed E-state index contributed by atoms with van der Waals surface area (Å²) in [6.45, 7) is 8.09. The molecule has 1 aromatic rings. The van der Waals surface area contributed by atoms with Gasteiger partial charge in [-0.05, 0) is 43.4 Å². The van der Waals surface area contributed by atoms with E-state index in [1.165, 1.54) is 0 Å². The summed E-state index contributed by atoms with van der Waals surface area (Å²) in [4.78, 5) is 0. The Hall–Kier alpha value is -1.03. The van der Waals surface area contributed by atoms with Crippen molar-refractivity contribution in [1.82, 2.24) is 0 Å². The quantitative estimate of drug-likeness (QED) is 0.687. The summed E-state index contributed by atoms with van der Waals surface area (Å²) in [6, 6.07) is 7.80. The fraction of sp³-hybridized carbons (Fsp3) is 0.647. The average Bonchev–Trinajstić information content (AvgIpc) is 2.45. The number of benzene rings is 1. The Balaban J connectivity index is 2.74. The average molecular weight is 312 g/mol. The van der Waals surface area contributed by atoms with Gasteiger partial charge in [-0.1, -0.05) is 39.3 Å². The first-order valence-corrected chi connectivity index (χ1v) is 9.67. The summed E-state index contributed by atoms with van der Waals surface area (Å²) in [5, 5.41) is 0. The molecule has 0 aliphatic heterocycles. The largest absolute Gasteiger partial charge is 0.491 e. The van der Waals surface area contributed by atoms with Crippen LogP contribution in [0.15, 0.2) is 24.3 Å². The Morgan fingerprint density at radius 2 is 1.90 bits per heavy atom. The van der Waals surface area contributed by atoms with Gasteiger partial charge in [-0.3, -0.25) is 0 Å². The zero-order valence-corrected chi connectivity index (χ0v) is 14.4. The van der Waals surface area contributed by atoms with E-state index >= 15 is 0 Å². The number of rotatable bonds is 9. The van der Waals surface area contributed by atoms with Crippen molar-refractivity contribution in [3.63, 3.8) is 0 Å². The Morgan fingerprint density at radius 3 is 2.52 bits per heavy atom. The van der Waals surface area contributed by atoms with Crippen LogP contribution in [0.25, 0.3) is 0 Å². The van der Waals surface area contributed by atoms with E-state index < -0.39 is 9.84 Å². The van der Waals surface area contributed by atoms with Crippen LogP contribution in [0.4, 0.5) is 0 Å². The SMILES string of the molecule is CCCCS(=O)(=O)C[C@H](C)c1cccc(O[C@H](C)CC)c1. The van der Waals surface area contributed by atoms with Crippen LogP contribution in [0.1, 0.15) is 58.4 Å². The monoisotopic (exact) mass is 312 g/mol. The van der Waals surface area contributed by atoms with Crippen molar-refractivity contribution in [2.75, 3.05) is 11.5 Å². The highest BCUT2D eigenvalue weighted by atomic mass is 32.2. The van der Waals surface area contributed by atoms with Crippen LogP contribution in [-0.2, 0) is 9.84 Å². The molecule has 0 N–H and O–H groups in total. The van der Waals surface area contributed by atoms with Gasteiger partial charge in [-0.25, -0.2) is 8.42 Å². The minimum absolute atomic E-state index is 0.00709. The predicted octanol–water partition coefficient (Wildman–Crippen LogP) is 4.18. The zero-order chi connectivity index (χ0) is 15.9. The molecule has 2 atom stereocenters. The molecule has 0 aromatic heterocycles. The summed E-state index contributed by atoms with van der Waals surface area (Å²) < 4.78 is 29.9. The molecular weight excluding hydrogens is 284 g/mol. The predicted molar refractivity (Wildman–Crippen MR) is 88.8 cm³/mol. The molecule has 0 saturated carbocycles. The van der Waals surface area contributed by atoms with Gasteiger partial charge in [0, 0.05) is 0 Å². The smallest absolute Gasteiger partial charge is 0.150 e. The third-order valence-electron chi connectivity index (χ3n) is 3.65. The van der Waals surface area contributed by atoms with Gasteiger partial charge in [0.2, 0.25) is 0 Å². The number of ether oxygens (including phenoxy) is 1. The van der Waals surface area contributed by atoms with E-state index in [9.17, 15) is 8.42 Å². The van der Waals surface area contributed by atoms with Crippen molar-refractivity contribution >= 4 is 9.84 Å². The van der Waals surface area contributed by atoms with E-state index in [4.69, 9.17) is 4.74 Å². The van der Waals surface area contributed by atoms with Gasteiger partial charge in [-0.15, -0.1) is 0 Å². The molecule has 0 aliphatic rings. The standard InChI is InChI=1S/C17H28O3S/c1-5-7-11-21(18,19)13-14(3)16-9-8-10-17(12-16)20-15(4)6-2/h8-10,12,14-15H,5-7,11,13H2,1-4H3/t14-,15+/m0/s1. The number of hydrogen-bond acceptors (Lipinski definition) is 3. The van der Waals surface area contributed by atoms with Gasteiger partial charge in [0.1, 0.15) is 5.75 Å². The van der Waals surface area contributed by atoms with E-state index in [0.717, 1.165) is 30.6 Å². The highest BCUT2D eigenvalue weighted by Crippen LogP contribution is 2.23. The molecule has 1 rings (SSSR count). The summed E-state index contributed by atoms with van der Waals surface area (Å²) in [7, 11) is -2.97. The summed E-state index contributed by atoms with van der Waals surface area (Å²) in [5.41, 5.74) is 1.02. The maximum atomic E-state index is 12.1. The van der Waals surface area contributed by atoms with Crippen molar-refractivity contribution in [2.24, 2.45) is 0 Å². The van der Waals surface area contributed by atoms with Crippen LogP contribution in [0, 0.1) is 0 Å². The molecule has 0 heterocycles. The van der Waals surface area contributed by atoms with Gasteiger partial charge in [0.05, 0.1) is 17.6 Å². The lowest BCUT2D eigenvalue weighted by Gasteiger charge is -2.16. The maximum absolute atomic E-state index is 12.1. The first-order valence-electron chi connectivity index (χ1n) is 7.85. The molecule has 0 saturated heterocycles. The highest BCUT2D eigenvalue weighted by molar-refractivity contribution is 7.91. The van der Waals surface area contributed by atoms with Gasteiger partial charge in [0.15, 0.2) is 9.84 Å². The minimum atomic E-state index is -2.97. The Labute approximate surface area is 129 Å². The van der Waals surface area contributed by atoms with E-state index in [0.29, 0.717) is 0 Å². The van der Waals surface area contributed by atoms with E-state index in [1.54, 1.807) is 0 Å². The van der Waals surface area contributed by atoms with Crippen molar-refractivity contribution in [3.8, 4) is 5.75 Å². The number of sulfone groups is 1. The van der Waals surface area contributed by atoms with Crippen LogP contribution >= 0.6 is 0 Å². The summed E-state index contributed by atoms with van der Waals surface area (Å²) >= 11 is 0. The van der Waals surface area contributed by atoms with Gasteiger partial charge in [0.25, 0.3) is 0 Å². The second kappa shape index (κ2) is 8.42. The van der Waals surface area contributed by atoms with Gasteiger partial charge < -0.3 is 4.74 Å². The lowest BCUT2D eigenvalue weighted by Crippen LogP contribution is -2.16. The van der Waals surface area contributed by atoms with Gasteiger partial charge in [-0.2, -0.15) is 0 Å². The lowest BCUT2D eigenvalue weighted by atomic mass is 10.0. The number of hydrogen-bond donors (Lipinski definition) is 0. The van der Waals surface area contributed by atoms with Crippen molar-refractivity contribution in [1.29, 1.82) is 0 Å². The molecule has 0 unspecified atom stereocenters. The normalized spacial score (nSPS) is 14.7. The molecule has 0 radical (unpaired) electrons. The molecule has 0 spiro atoms. The van der Waals surface area contributed by atoms with E-state index in [1.807, 2.05) is 45.0 Å². The molecule has 4 heteroatoms. The number of unbranched alkanes of at least 4 members (excludes halogenated alkanes) is 1. The van der Waals surface area contributed by atoms with E-state index in [2.05, 4.69) is 6.92 Å². The molecule has 0 bridgehead atoms. The highest BCUT2D eigenvalue weighted by Gasteiger charge is 2.17. The molecular formula is C17H28O3S. The topological polar surface area (TPSA) is 43.4 Å². The van der Waals surface area contributed by atoms with Crippen LogP contribution in [0.3, 0.4) is 0 Å². The first kappa shape index (κ1) is 18.0. The molecule has 120 valence electrons. The fourth-order valence-corrected chi connectivity index (χ4v) is 3.98. The summed E-state index contributed by atoms with van der Waals surface area (Å²) in [5.74, 6) is 1.31. The summed E-state index contributed by atoms with van der Waals surface area (Å²) in [6.07, 6.45) is 2.77. The van der Waals surface area contributed by atoms with Crippen LogP contribution < -0.4 is 4.74 Å². The molecule has 0 fully saturated rings. The Kier molecular flexibility index (Phi) is 7.23. The lowest BCUT2D eigenvalue weighted by molar-refractivity contribution is 0.217. The van der Waals surface area contributed by atoms with Crippen molar-refractivity contribution in [3.05, 3.63) is 29.8 Å². The fourth-order valence-electron chi connectivity index (χ4n) is 2.13. The third kappa shape index (κ3) is 6.51. The first-order chi connectivity index (χ1) is 9.88. The van der Waals surface area contributed by atoms with Crippen molar-refractivity contribution < 1.29 is 13.2 Å². The molecule has 0 aliphatic carbocycles. The Morgan fingerprint density at radius 1 is 1.19 bits per heavy atom. The molecule has 1 aromatic carbocycles. The molecule has 3 nitrogen and oxygen atoms in total. The van der Waals surface area contributed by atoms with Crippen LogP contribution in [-0.4, -0.2) is 26.0 Å². The third-order valence-corrected chi connectivity index (χ3v) is 5.57. The second-order valence-electron chi connectivity index (χ2n) is 5.78. The van der Waals surface area contributed by atoms with Crippen molar-refractivity contribution in [2.45, 2.75) is 59.0 Å². The molecule has 21 heavy (non-hydrogen) atoms. The van der Waals surface area contributed by atoms with Gasteiger partial charge >= 0.3 is 0 Å². The molecule has 0 amide bonds. The maximum Gasteiger partial charge on any atom is 0.150 e.